The molecule has 4 aliphatic carbocycles. The highest BCUT2D eigenvalue weighted by Gasteiger charge is 2.29. The van der Waals surface area contributed by atoms with Crippen LogP contribution in [-0.4, -0.2) is 23.9 Å². The van der Waals surface area contributed by atoms with Crippen molar-refractivity contribution in [3.63, 3.8) is 0 Å². The van der Waals surface area contributed by atoms with Crippen molar-refractivity contribution >= 4 is 11.8 Å². The number of hydrogen-bond donors (Lipinski definition) is 2. The third kappa shape index (κ3) is 8.58. The second-order valence-corrected chi connectivity index (χ2v) is 12.2. The van der Waals surface area contributed by atoms with Gasteiger partial charge < -0.3 is 10.6 Å². The quantitative estimate of drug-likeness (QED) is 0.427. The summed E-state index contributed by atoms with van der Waals surface area (Å²) < 4.78 is 0. The second-order valence-electron chi connectivity index (χ2n) is 12.2. The van der Waals surface area contributed by atoms with Gasteiger partial charge in [-0.15, -0.1) is 0 Å². The van der Waals surface area contributed by atoms with Crippen molar-refractivity contribution in [2.45, 2.75) is 147 Å². The first-order valence-electron chi connectivity index (χ1n) is 14.7. The van der Waals surface area contributed by atoms with Gasteiger partial charge in [-0.1, -0.05) is 38.5 Å². The van der Waals surface area contributed by atoms with E-state index in [1.54, 1.807) is 0 Å². The predicted octanol–water partition coefficient (Wildman–Crippen LogP) is 6.67. The first kappa shape index (κ1) is 25.0. The average molecular weight is 459 g/mol. The lowest BCUT2D eigenvalue weighted by atomic mass is 9.75. The van der Waals surface area contributed by atoms with Crippen LogP contribution in [0, 0.1) is 23.7 Å². The number of hydrogen-bond acceptors (Lipinski definition) is 2. The largest absolute Gasteiger partial charge is 0.353 e. The summed E-state index contributed by atoms with van der Waals surface area (Å²) in [5.74, 6) is 3.60. The zero-order valence-corrected chi connectivity index (χ0v) is 21.1. The lowest BCUT2D eigenvalue weighted by Gasteiger charge is -2.35. The van der Waals surface area contributed by atoms with Crippen LogP contribution in [0.25, 0.3) is 0 Å². The highest BCUT2D eigenvalue weighted by Crippen LogP contribution is 2.36. The van der Waals surface area contributed by atoms with E-state index in [4.69, 9.17) is 0 Å². The summed E-state index contributed by atoms with van der Waals surface area (Å²) >= 11 is 0. The molecule has 4 rings (SSSR count). The van der Waals surface area contributed by atoms with Gasteiger partial charge in [0.15, 0.2) is 0 Å². The Morgan fingerprint density at radius 1 is 0.455 bits per heavy atom. The molecule has 4 aliphatic rings. The van der Waals surface area contributed by atoms with Crippen LogP contribution in [0.1, 0.15) is 135 Å². The smallest absolute Gasteiger partial charge is 0.220 e. The summed E-state index contributed by atoms with van der Waals surface area (Å²) in [5, 5.41) is 6.73. The summed E-state index contributed by atoms with van der Waals surface area (Å²) in [6.07, 6.45) is 25.7. The molecule has 0 atom stereocenters. The average Bonchev–Trinajstić information content (AvgIpc) is 2.83. The Morgan fingerprint density at radius 2 is 0.818 bits per heavy atom. The van der Waals surface area contributed by atoms with Crippen LogP contribution >= 0.6 is 0 Å². The number of carbonyl (C=O) groups excluding carboxylic acids is 2. The molecule has 0 aromatic heterocycles. The molecular formula is C29H50N2O2. The highest BCUT2D eigenvalue weighted by molar-refractivity contribution is 5.76. The van der Waals surface area contributed by atoms with E-state index in [1.807, 2.05) is 0 Å². The molecule has 4 nitrogen and oxygen atoms in total. The van der Waals surface area contributed by atoms with Crippen LogP contribution in [0.3, 0.4) is 0 Å². The molecule has 0 heterocycles. The maximum atomic E-state index is 12.5. The molecule has 2 amide bonds. The van der Waals surface area contributed by atoms with Gasteiger partial charge in [0.1, 0.15) is 0 Å². The maximum Gasteiger partial charge on any atom is 0.220 e. The summed E-state index contributed by atoms with van der Waals surface area (Å²) in [6.45, 7) is 0. The topological polar surface area (TPSA) is 58.2 Å². The van der Waals surface area contributed by atoms with Crippen molar-refractivity contribution in [2.75, 3.05) is 0 Å². The zero-order chi connectivity index (χ0) is 22.9. The van der Waals surface area contributed by atoms with E-state index in [2.05, 4.69) is 10.6 Å². The van der Waals surface area contributed by atoms with Gasteiger partial charge in [-0.2, -0.15) is 0 Å². The Hall–Kier alpha value is -1.06. The fraction of sp³-hybridized carbons (Fsp3) is 0.931. The number of nitrogens with one attached hydrogen (secondary N) is 2. The Labute approximate surface area is 202 Å². The van der Waals surface area contributed by atoms with Gasteiger partial charge in [0.25, 0.3) is 0 Å². The third-order valence-electron chi connectivity index (χ3n) is 9.49. The summed E-state index contributed by atoms with van der Waals surface area (Å²) in [4.78, 5) is 24.9. The van der Waals surface area contributed by atoms with Gasteiger partial charge in [0.2, 0.25) is 11.8 Å². The standard InChI is InChI=1S/C29H50N2O2/c32-28(20-22-7-3-1-4-8-22)30-26-15-11-24(12-16-26)19-25-13-17-27(18-14-25)31-29(33)21-23-9-5-2-6-10-23/h22-27H,1-21H2,(H,30,32)(H,31,33). The van der Waals surface area contributed by atoms with Crippen molar-refractivity contribution in [1.82, 2.24) is 10.6 Å². The first-order chi connectivity index (χ1) is 16.1. The summed E-state index contributed by atoms with van der Waals surface area (Å²) in [5.41, 5.74) is 0. The van der Waals surface area contributed by atoms with Crippen molar-refractivity contribution in [1.29, 1.82) is 0 Å². The number of amides is 2. The summed E-state index contributed by atoms with van der Waals surface area (Å²) in [7, 11) is 0. The number of rotatable bonds is 8. The molecule has 4 saturated carbocycles. The van der Waals surface area contributed by atoms with Gasteiger partial charge in [0, 0.05) is 24.9 Å². The molecule has 0 spiro atoms. The molecule has 0 saturated heterocycles. The van der Waals surface area contributed by atoms with Gasteiger partial charge in [-0.25, -0.2) is 0 Å². The molecule has 0 radical (unpaired) electrons. The van der Waals surface area contributed by atoms with E-state index >= 15 is 0 Å². The Morgan fingerprint density at radius 3 is 1.18 bits per heavy atom. The molecule has 0 aromatic carbocycles. The second kappa shape index (κ2) is 13.1. The molecule has 2 N–H and O–H groups in total. The van der Waals surface area contributed by atoms with Crippen LogP contribution in [0.15, 0.2) is 0 Å². The van der Waals surface area contributed by atoms with Crippen LogP contribution in [-0.2, 0) is 9.59 Å². The van der Waals surface area contributed by atoms with E-state index in [9.17, 15) is 9.59 Å². The van der Waals surface area contributed by atoms with E-state index in [0.717, 1.165) is 24.7 Å². The van der Waals surface area contributed by atoms with Gasteiger partial charge in [-0.3, -0.25) is 9.59 Å². The van der Waals surface area contributed by atoms with Crippen molar-refractivity contribution in [3.05, 3.63) is 0 Å². The molecule has 0 unspecified atom stereocenters. The Kier molecular flexibility index (Phi) is 9.97. The van der Waals surface area contributed by atoms with E-state index in [0.29, 0.717) is 35.7 Å². The monoisotopic (exact) mass is 458 g/mol. The third-order valence-corrected chi connectivity index (χ3v) is 9.49. The van der Waals surface area contributed by atoms with Crippen LogP contribution < -0.4 is 10.6 Å². The lowest BCUT2D eigenvalue weighted by molar-refractivity contribution is -0.124. The minimum absolute atomic E-state index is 0.314. The van der Waals surface area contributed by atoms with E-state index < -0.39 is 0 Å². The summed E-state index contributed by atoms with van der Waals surface area (Å²) in [6, 6.07) is 0.847. The number of carbonyl (C=O) groups is 2. The van der Waals surface area contributed by atoms with Gasteiger partial charge in [-0.05, 0) is 107 Å². The minimum atomic E-state index is 0.314. The maximum absolute atomic E-state index is 12.5. The minimum Gasteiger partial charge on any atom is -0.353 e. The molecule has 0 aromatic rings. The van der Waals surface area contributed by atoms with Gasteiger partial charge in [0.05, 0.1) is 0 Å². The molecule has 0 bridgehead atoms. The SMILES string of the molecule is O=C(CC1CCCCC1)NC1CCC(CC2CCC(NC(=O)CC3CCCCC3)CC2)CC1. The highest BCUT2D eigenvalue weighted by atomic mass is 16.2. The van der Waals surface area contributed by atoms with Crippen LogP contribution in [0.2, 0.25) is 0 Å². The van der Waals surface area contributed by atoms with Gasteiger partial charge >= 0.3 is 0 Å². The molecular weight excluding hydrogens is 408 g/mol. The lowest BCUT2D eigenvalue weighted by Crippen LogP contribution is -2.39. The Bertz CT molecular complexity index is 541. The Balaban J connectivity index is 1.06. The normalized spacial score (nSPS) is 32.2. The van der Waals surface area contributed by atoms with Crippen molar-refractivity contribution in [3.8, 4) is 0 Å². The molecule has 33 heavy (non-hydrogen) atoms. The molecule has 4 heteroatoms. The zero-order valence-electron chi connectivity index (χ0n) is 21.1. The first-order valence-corrected chi connectivity index (χ1v) is 14.7. The fourth-order valence-corrected chi connectivity index (χ4v) is 7.44. The van der Waals surface area contributed by atoms with Crippen LogP contribution in [0.4, 0.5) is 0 Å². The predicted molar refractivity (Wildman–Crippen MR) is 135 cm³/mol. The van der Waals surface area contributed by atoms with Crippen molar-refractivity contribution < 1.29 is 9.59 Å². The van der Waals surface area contributed by atoms with Crippen molar-refractivity contribution in [2.24, 2.45) is 23.7 Å². The molecule has 188 valence electrons. The van der Waals surface area contributed by atoms with E-state index in [1.165, 1.54) is 122 Å². The molecule has 0 aliphatic heterocycles. The van der Waals surface area contributed by atoms with Crippen LogP contribution in [0.5, 0.6) is 0 Å². The van der Waals surface area contributed by atoms with E-state index in [-0.39, 0.29) is 0 Å². The fourth-order valence-electron chi connectivity index (χ4n) is 7.44. The molecule has 4 fully saturated rings.